The summed E-state index contributed by atoms with van der Waals surface area (Å²) in [5.74, 6) is -1.25. The van der Waals surface area contributed by atoms with Gasteiger partial charge in [-0.1, -0.05) is 15.9 Å². The van der Waals surface area contributed by atoms with Crippen LogP contribution in [0, 0.1) is 0 Å². The minimum Gasteiger partial charge on any atom is -0.376 e. The zero-order valence-electron chi connectivity index (χ0n) is 7.03. The van der Waals surface area contributed by atoms with Crippen LogP contribution in [0.3, 0.4) is 0 Å². The van der Waals surface area contributed by atoms with E-state index in [4.69, 9.17) is 5.11 Å². The van der Waals surface area contributed by atoms with Gasteiger partial charge in [0.05, 0.1) is 11.3 Å². The Balaban J connectivity index is 2.62. The van der Waals surface area contributed by atoms with Crippen LogP contribution in [0.2, 0.25) is 0 Å². The van der Waals surface area contributed by atoms with Gasteiger partial charge in [0.15, 0.2) is 0 Å². The lowest BCUT2D eigenvalue weighted by molar-refractivity contribution is -0.114. The van der Waals surface area contributed by atoms with E-state index in [2.05, 4.69) is 15.9 Å². The summed E-state index contributed by atoms with van der Waals surface area (Å²) in [6.45, 7) is -0.478. The SMILES string of the molecule is O=C1C(=O)N(CO)c2cc(Br)ccc21. The summed E-state index contributed by atoms with van der Waals surface area (Å²) >= 11 is 3.23. The highest BCUT2D eigenvalue weighted by atomic mass is 79.9. The minimum absolute atomic E-state index is 0.340. The molecular weight excluding hydrogens is 250 g/mol. The van der Waals surface area contributed by atoms with Gasteiger partial charge in [-0.25, -0.2) is 0 Å². The largest absolute Gasteiger partial charge is 0.376 e. The lowest BCUT2D eigenvalue weighted by atomic mass is 10.1. The number of aliphatic hydroxyl groups is 1. The Morgan fingerprint density at radius 2 is 2.07 bits per heavy atom. The highest BCUT2D eigenvalue weighted by Crippen LogP contribution is 2.30. The van der Waals surface area contributed by atoms with Gasteiger partial charge in [-0.15, -0.1) is 0 Å². The Labute approximate surface area is 88.3 Å². The molecule has 0 atom stereocenters. The molecule has 5 heteroatoms. The maximum Gasteiger partial charge on any atom is 0.301 e. The molecule has 0 spiro atoms. The van der Waals surface area contributed by atoms with Gasteiger partial charge in [0, 0.05) is 4.47 Å². The first-order valence-corrected chi connectivity index (χ1v) is 4.71. The number of aliphatic hydroxyl groups excluding tert-OH is 1. The van der Waals surface area contributed by atoms with Gasteiger partial charge in [0.25, 0.3) is 5.78 Å². The number of ketones is 1. The number of amides is 1. The van der Waals surface area contributed by atoms with E-state index >= 15 is 0 Å². The van der Waals surface area contributed by atoms with Crippen molar-refractivity contribution in [3.63, 3.8) is 0 Å². The normalized spacial score (nSPS) is 14.9. The summed E-state index contributed by atoms with van der Waals surface area (Å²) in [6.07, 6.45) is 0. The molecule has 14 heavy (non-hydrogen) atoms. The molecule has 4 nitrogen and oxygen atoms in total. The summed E-state index contributed by atoms with van der Waals surface area (Å²) in [6, 6.07) is 4.88. The first-order valence-electron chi connectivity index (χ1n) is 3.91. The summed E-state index contributed by atoms with van der Waals surface area (Å²) < 4.78 is 0.761. The highest BCUT2D eigenvalue weighted by Gasteiger charge is 2.35. The molecule has 0 unspecified atom stereocenters. The number of halogens is 1. The van der Waals surface area contributed by atoms with E-state index in [1.165, 1.54) is 0 Å². The standard InChI is InChI=1S/C9H6BrNO3/c10-5-1-2-6-7(3-5)11(4-12)9(14)8(6)13/h1-3,12H,4H2. The van der Waals surface area contributed by atoms with Crippen molar-refractivity contribution in [2.75, 3.05) is 11.6 Å². The lowest BCUT2D eigenvalue weighted by Crippen LogP contribution is -2.30. The van der Waals surface area contributed by atoms with Gasteiger partial charge in [-0.2, -0.15) is 0 Å². The van der Waals surface area contributed by atoms with Crippen LogP contribution in [0.1, 0.15) is 10.4 Å². The first kappa shape index (κ1) is 9.36. The van der Waals surface area contributed by atoms with Gasteiger partial charge in [-0.3, -0.25) is 14.5 Å². The number of carbonyl (C=O) groups is 2. The molecule has 0 bridgehead atoms. The summed E-state index contributed by atoms with van der Waals surface area (Å²) in [5, 5.41) is 8.93. The van der Waals surface area contributed by atoms with Crippen molar-refractivity contribution in [2.24, 2.45) is 0 Å². The second kappa shape index (κ2) is 3.18. The molecule has 0 aromatic heterocycles. The monoisotopic (exact) mass is 255 g/mol. The number of carbonyl (C=O) groups excluding carboxylic acids is 2. The van der Waals surface area contributed by atoms with Crippen LogP contribution in [0.25, 0.3) is 0 Å². The average Bonchev–Trinajstić information content (AvgIpc) is 2.39. The highest BCUT2D eigenvalue weighted by molar-refractivity contribution is 9.10. The number of anilines is 1. The fourth-order valence-electron chi connectivity index (χ4n) is 1.41. The van der Waals surface area contributed by atoms with Crippen molar-refractivity contribution in [2.45, 2.75) is 0 Å². The first-order chi connectivity index (χ1) is 6.65. The summed E-state index contributed by atoms with van der Waals surface area (Å²) in [5.41, 5.74) is 0.795. The van der Waals surface area contributed by atoms with E-state index in [1.54, 1.807) is 18.2 Å². The smallest absolute Gasteiger partial charge is 0.301 e. The molecule has 1 N–H and O–H groups in total. The zero-order valence-corrected chi connectivity index (χ0v) is 8.61. The van der Waals surface area contributed by atoms with Crippen molar-refractivity contribution in [1.82, 2.24) is 0 Å². The molecule has 0 radical (unpaired) electrons. The van der Waals surface area contributed by atoms with Crippen molar-refractivity contribution in [3.8, 4) is 0 Å². The number of Topliss-reactive ketones (excluding diaryl/α,β-unsaturated/α-hetero) is 1. The van der Waals surface area contributed by atoms with E-state index in [9.17, 15) is 9.59 Å². The second-order valence-corrected chi connectivity index (χ2v) is 3.78. The lowest BCUT2D eigenvalue weighted by Gasteiger charge is -2.11. The van der Waals surface area contributed by atoms with Crippen LogP contribution in [0.5, 0.6) is 0 Å². The van der Waals surface area contributed by atoms with E-state index in [1.807, 2.05) is 0 Å². The van der Waals surface area contributed by atoms with E-state index in [-0.39, 0.29) is 0 Å². The number of hydrogen-bond acceptors (Lipinski definition) is 3. The third-order valence-electron chi connectivity index (χ3n) is 2.08. The Morgan fingerprint density at radius 3 is 2.71 bits per heavy atom. The molecule has 1 aliphatic rings. The van der Waals surface area contributed by atoms with Crippen LogP contribution in [0.15, 0.2) is 22.7 Å². The molecule has 2 rings (SSSR count). The van der Waals surface area contributed by atoms with Crippen LogP contribution >= 0.6 is 15.9 Å². The van der Waals surface area contributed by atoms with Gasteiger partial charge >= 0.3 is 5.91 Å². The topological polar surface area (TPSA) is 57.6 Å². The van der Waals surface area contributed by atoms with Gasteiger partial charge < -0.3 is 5.11 Å². The predicted octanol–water partition coefficient (Wildman–Crippen LogP) is 0.928. The predicted molar refractivity (Wildman–Crippen MR) is 53.0 cm³/mol. The fourth-order valence-corrected chi connectivity index (χ4v) is 1.76. The Morgan fingerprint density at radius 1 is 1.36 bits per heavy atom. The molecule has 0 aliphatic carbocycles. The minimum atomic E-state index is -0.680. The summed E-state index contributed by atoms with van der Waals surface area (Å²) in [4.78, 5) is 23.7. The third-order valence-corrected chi connectivity index (χ3v) is 2.57. The average molecular weight is 256 g/mol. The molecular formula is C9H6BrNO3. The van der Waals surface area contributed by atoms with Crippen LogP contribution in [-0.4, -0.2) is 23.5 Å². The fraction of sp³-hybridized carbons (Fsp3) is 0.111. The van der Waals surface area contributed by atoms with Crippen molar-refractivity contribution in [3.05, 3.63) is 28.2 Å². The van der Waals surface area contributed by atoms with Crippen LogP contribution < -0.4 is 4.90 Å². The third kappa shape index (κ3) is 1.17. The van der Waals surface area contributed by atoms with Crippen molar-refractivity contribution >= 4 is 33.3 Å². The summed E-state index contributed by atoms with van der Waals surface area (Å²) in [7, 11) is 0. The molecule has 0 saturated heterocycles. The van der Waals surface area contributed by atoms with Gasteiger partial charge in [-0.05, 0) is 18.2 Å². The zero-order chi connectivity index (χ0) is 10.3. The van der Waals surface area contributed by atoms with Crippen molar-refractivity contribution < 1.29 is 14.7 Å². The molecule has 0 fully saturated rings. The quantitative estimate of drug-likeness (QED) is 0.760. The Bertz CT molecular complexity index is 430. The van der Waals surface area contributed by atoms with Crippen LogP contribution in [-0.2, 0) is 4.79 Å². The maximum absolute atomic E-state index is 11.4. The van der Waals surface area contributed by atoms with E-state index in [0.717, 1.165) is 9.37 Å². The van der Waals surface area contributed by atoms with Crippen LogP contribution in [0.4, 0.5) is 5.69 Å². The molecule has 1 aromatic rings. The molecule has 1 aromatic carbocycles. The van der Waals surface area contributed by atoms with Gasteiger partial charge in [0.2, 0.25) is 0 Å². The molecule has 1 heterocycles. The Kier molecular flexibility index (Phi) is 2.13. The van der Waals surface area contributed by atoms with Crippen molar-refractivity contribution in [1.29, 1.82) is 0 Å². The number of fused-ring (bicyclic) bond motifs is 1. The number of nitrogens with zero attached hydrogens (tertiary/aromatic N) is 1. The number of benzene rings is 1. The molecule has 72 valence electrons. The Hall–Kier alpha value is -1.20. The molecule has 0 saturated carbocycles. The molecule has 1 aliphatic heterocycles. The van der Waals surface area contributed by atoms with Gasteiger partial charge in [0.1, 0.15) is 6.73 Å². The maximum atomic E-state index is 11.4. The molecule has 1 amide bonds. The van der Waals surface area contributed by atoms with E-state index in [0.29, 0.717) is 11.3 Å². The second-order valence-electron chi connectivity index (χ2n) is 2.87. The number of rotatable bonds is 1. The van der Waals surface area contributed by atoms with E-state index < -0.39 is 18.4 Å². The number of hydrogen-bond donors (Lipinski definition) is 1.